The molecule has 2 atom stereocenters. The summed E-state index contributed by atoms with van der Waals surface area (Å²) in [6.07, 6.45) is 0. The topological polar surface area (TPSA) is 101 Å². The summed E-state index contributed by atoms with van der Waals surface area (Å²) in [7, 11) is 0. The summed E-state index contributed by atoms with van der Waals surface area (Å²) in [5, 5.41) is 5.42. The Morgan fingerprint density at radius 1 is 0.919 bits per heavy atom. The first-order valence-electron chi connectivity index (χ1n) is 10.9. The number of anilines is 2. The van der Waals surface area contributed by atoms with Crippen LogP contribution in [-0.2, 0) is 15.0 Å². The zero-order valence-corrected chi connectivity index (χ0v) is 22.5. The summed E-state index contributed by atoms with van der Waals surface area (Å²) in [5.74, 6) is -3.10. The fraction of sp³-hybridized carbons (Fsp3) is 0.192. The number of nitrogens with two attached hydrogens (primary N) is 1. The van der Waals surface area contributed by atoms with E-state index in [1.54, 1.807) is 31.2 Å². The lowest BCUT2D eigenvalue weighted by Gasteiger charge is -2.19. The van der Waals surface area contributed by atoms with Crippen molar-refractivity contribution in [1.29, 1.82) is 0 Å². The Bertz CT molecular complexity index is 1450. The van der Waals surface area contributed by atoms with Gasteiger partial charge in [-0.05, 0) is 72.1 Å². The van der Waals surface area contributed by atoms with Crippen molar-refractivity contribution < 1.29 is 18.8 Å². The number of halogens is 5. The number of nitrogens with one attached hydrogen (secondary N) is 2. The van der Waals surface area contributed by atoms with Gasteiger partial charge in [0.1, 0.15) is 15.6 Å². The van der Waals surface area contributed by atoms with Crippen LogP contribution in [0.2, 0.25) is 10.0 Å². The molecule has 3 amide bonds. The van der Waals surface area contributed by atoms with Crippen LogP contribution in [0.15, 0.2) is 54.6 Å². The molecule has 1 saturated carbocycles. The van der Waals surface area contributed by atoms with Gasteiger partial charge in [-0.15, -0.1) is 0 Å². The third-order valence-electron chi connectivity index (χ3n) is 6.41. The third-order valence-corrected chi connectivity index (χ3v) is 8.13. The normalized spacial score (nSPS) is 19.7. The van der Waals surface area contributed by atoms with E-state index in [4.69, 9.17) is 52.1 Å². The Balaban J connectivity index is 1.73. The molecule has 1 aliphatic rings. The second kappa shape index (κ2) is 9.80. The molecule has 1 fully saturated rings. The maximum Gasteiger partial charge on any atom is 0.255 e. The van der Waals surface area contributed by atoms with Gasteiger partial charge >= 0.3 is 0 Å². The minimum Gasteiger partial charge on any atom is -0.369 e. The summed E-state index contributed by atoms with van der Waals surface area (Å²) in [6.45, 7) is 3.04. The van der Waals surface area contributed by atoms with Crippen LogP contribution >= 0.6 is 46.4 Å². The average Bonchev–Trinajstić information content (AvgIpc) is 3.35. The lowest BCUT2D eigenvalue weighted by Crippen LogP contribution is -2.34. The quantitative estimate of drug-likeness (QED) is 0.295. The summed E-state index contributed by atoms with van der Waals surface area (Å²) >= 11 is 25.7. The van der Waals surface area contributed by atoms with Crippen molar-refractivity contribution in [3.63, 3.8) is 0 Å². The molecular weight excluding hydrogens is 563 g/mol. The van der Waals surface area contributed by atoms with Gasteiger partial charge in [0.15, 0.2) is 0 Å². The standard InChI is InChI=1S/C26H20Cl4FN3O3/c1-12-18(23(36)34-17-6-4-16(5-7-17)33-13(2)35)10-15(11-19(12)27)25(24(32)37)22(26(25,29)30)14-3-8-21(31)20(28)9-14/h3-11,22H,1-2H3,(H2,32,37)(H,33,35)(H,34,36). The zero-order valence-electron chi connectivity index (χ0n) is 19.5. The molecule has 3 aromatic rings. The summed E-state index contributed by atoms with van der Waals surface area (Å²) in [5.41, 5.74) is 6.45. The van der Waals surface area contributed by atoms with E-state index in [9.17, 15) is 18.8 Å². The molecule has 1 aliphatic carbocycles. The molecule has 0 saturated heterocycles. The fourth-order valence-corrected chi connectivity index (χ4v) is 6.05. The minimum absolute atomic E-state index is 0.168. The van der Waals surface area contributed by atoms with Crippen molar-refractivity contribution in [3.8, 4) is 0 Å². The van der Waals surface area contributed by atoms with Gasteiger partial charge in [-0.3, -0.25) is 14.4 Å². The Kier molecular flexibility index (Phi) is 7.20. The van der Waals surface area contributed by atoms with E-state index in [-0.39, 0.29) is 27.1 Å². The van der Waals surface area contributed by atoms with E-state index in [1.807, 2.05) is 0 Å². The predicted octanol–water partition coefficient (Wildman–Crippen LogP) is 6.35. The van der Waals surface area contributed by atoms with Gasteiger partial charge in [0, 0.05) is 34.8 Å². The van der Waals surface area contributed by atoms with E-state index < -0.39 is 33.3 Å². The molecule has 11 heteroatoms. The highest BCUT2D eigenvalue weighted by atomic mass is 35.5. The van der Waals surface area contributed by atoms with Crippen LogP contribution in [0.5, 0.6) is 0 Å². The van der Waals surface area contributed by atoms with E-state index in [1.165, 1.54) is 31.2 Å². The molecule has 192 valence electrons. The fourth-order valence-electron chi connectivity index (χ4n) is 4.54. The van der Waals surface area contributed by atoms with Gasteiger partial charge in [-0.1, -0.05) is 52.5 Å². The molecule has 4 N–H and O–H groups in total. The monoisotopic (exact) mass is 581 g/mol. The number of hydrogen-bond donors (Lipinski definition) is 3. The van der Waals surface area contributed by atoms with E-state index in [0.717, 1.165) is 6.07 Å². The van der Waals surface area contributed by atoms with E-state index in [0.29, 0.717) is 22.5 Å². The van der Waals surface area contributed by atoms with Crippen LogP contribution in [0.3, 0.4) is 0 Å². The van der Waals surface area contributed by atoms with Gasteiger partial charge in [0.2, 0.25) is 11.8 Å². The number of hydrogen-bond acceptors (Lipinski definition) is 3. The van der Waals surface area contributed by atoms with Gasteiger partial charge in [0.05, 0.1) is 5.02 Å². The molecule has 0 aromatic heterocycles. The molecule has 2 unspecified atom stereocenters. The molecule has 6 nitrogen and oxygen atoms in total. The molecule has 3 aromatic carbocycles. The summed E-state index contributed by atoms with van der Waals surface area (Å²) in [6, 6.07) is 13.4. The number of alkyl halides is 2. The molecule has 0 radical (unpaired) electrons. The Morgan fingerprint density at radius 2 is 1.51 bits per heavy atom. The van der Waals surface area contributed by atoms with Crippen LogP contribution in [0.1, 0.15) is 39.9 Å². The maximum atomic E-state index is 13.8. The highest BCUT2D eigenvalue weighted by molar-refractivity contribution is 6.55. The van der Waals surface area contributed by atoms with Crippen molar-refractivity contribution in [2.45, 2.75) is 29.5 Å². The lowest BCUT2D eigenvalue weighted by molar-refractivity contribution is -0.120. The first-order valence-corrected chi connectivity index (χ1v) is 12.4. The van der Waals surface area contributed by atoms with E-state index in [2.05, 4.69) is 10.6 Å². The van der Waals surface area contributed by atoms with Gasteiger partial charge < -0.3 is 16.4 Å². The highest BCUT2D eigenvalue weighted by Crippen LogP contribution is 2.74. The number of rotatable bonds is 6. The van der Waals surface area contributed by atoms with Crippen LogP contribution < -0.4 is 16.4 Å². The summed E-state index contributed by atoms with van der Waals surface area (Å²) < 4.78 is 12.1. The molecular formula is C26H20Cl4FN3O3. The van der Waals surface area contributed by atoms with Gasteiger partial charge in [0.25, 0.3) is 5.91 Å². The maximum absolute atomic E-state index is 13.8. The van der Waals surface area contributed by atoms with Crippen LogP contribution in [0.25, 0.3) is 0 Å². The second-order valence-corrected chi connectivity index (χ2v) is 10.9. The second-order valence-electron chi connectivity index (χ2n) is 8.75. The smallest absolute Gasteiger partial charge is 0.255 e. The Labute approximate surface area is 232 Å². The van der Waals surface area contributed by atoms with Crippen molar-refractivity contribution in [2.24, 2.45) is 5.73 Å². The predicted molar refractivity (Wildman–Crippen MR) is 144 cm³/mol. The average molecular weight is 583 g/mol. The molecule has 4 rings (SSSR count). The molecule has 0 heterocycles. The molecule has 0 spiro atoms. The van der Waals surface area contributed by atoms with Crippen LogP contribution in [0, 0.1) is 12.7 Å². The van der Waals surface area contributed by atoms with Crippen LogP contribution in [-0.4, -0.2) is 22.1 Å². The van der Waals surface area contributed by atoms with Crippen LogP contribution in [0.4, 0.5) is 15.8 Å². The number of primary amides is 1. The number of carbonyl (C=O) groups excluding carboxylic acids is 3. The third kappa shape index (κ3) is 4.66. The highest BCUT2D eigenvalue weighted by Gasteiger charge is 2.81. The van der Waals surface area contributed by atoms with Crippen molar-refractivity contribution in [3.05, 3.63) is 92.7 Å². The SMILES string of the molecule is CC(=O)Nc1ccc(NC(=O)c2cc(C3(C(N)=O)C(c4ccc(F)c(Cl)c4)C3(Cl)Cl)cc(Cl)c2C)cc1. The van der Waals surface area contributed by atoms with Gasteiger partial charge in [-0.2, -0.15) is 0 Å². The summed E-state index contributed by atoms with van der Waals surface area (Å²) in [4.78, 5) is 37.3. The first kappa shape index (κ1) is 27.2. The Hall–Kier alpha value is -2.84. The number of amides is 3. The minimum atomic E-state index is -1.72. The lowest BCUT2D eigenvalue weighted by atomic mass is 9.87. The number of carbonyl (C=O) groups is 3. The largest absolute Gasteiger partial charge is 0.369 e. The zero-order chi connectivity index (χ0) is 27.3. The molecule has 0 bridgehead atoms. The van der Waals surface area contributed by atoms with Crippen molar-refractivity contribution in [2.75, 3.05) is 10.6 Å². The molecule has 37 heavy (non-hydrogen) atoms. The van der Waals surface area contributed by atoms with E-state index >= 15 is 0 Å². The number of benzene rings is 3. The van der Waals surface area contributed by atoms with Crippen molar-refractivity contribution >= 4 is 75.5 Å². The van der Waals surface area contributed by atoms with Gasteiger partial charge in [-0.25, -0.2) is 4.39 Å². The van der Waals surface area contributed by atoms with Crippen molar-refractivity contribution in [1.82, 2.24) is 0 Å². The molecule has 0 aliphatic heterocycles. The first-order chi connectivity index (χ1) is 17.3. The Morgan fingerprint density at radius 3 is 2.05 bits per heavy atom.